The van der Waals surface area contributed by atoms with Gasteiger partial charge in [-0.15, -0.1) is 0 Å². The standard InChI is InChI=1S/C15H14BrClN2O2/c1-20-14-8-10(7-13(16)15(14)21-2)9-18-19-12-5-3-11(17)4-6-12/h3-9,19H,1-2H3/b18-9+. The first-order valence-corrected chi connectivity index (χ1v) is 7.27. The molecule has 0 unspecified atom stereocenters. The average Bonchev–Trinajstić information content (AvgIpc) is 2.48. The minimum Gasteiger partial charge on any atom is -0.493 e. The lowest BCUT2D eigenvalue weighted by molar-refractivity contribution is 0.353. The highest BCUT2D eigenvalue weighted by atomic mass is 79.9. The predicted octanol–water partition coefficient (Wildman–Crippen LogP) is 4.57. The number of methoxy groups -OCH3 is 2. The molecule has 6 heteroatoms. The maximum Gasteiger partial charge on any atom is 0.174 e. The smallest absolute Gasteiger partial charge is 0.174 e. The van der Waals surface area contributed by atoms with E-state index in [1.54, 1.807) is 32.6 Å². The quantitative estimate of drug-likeness (QED) is 0.620. The van der Waals surface area contributed by atoms with Gasteiger partial charge in [0.2, 0.25) is 0 Å². The van der Waals surface area contributed by atoms with Crippen molar-refractivity contribution < 1.29 is 9.47 Å². The van der Waals surface area contributed by atoms with E-state index in [2.05, 4.69) is 26.5 Å². The van der Waals surface area contributed by atoms with Crippen LogP contribution in [0.5, 0.6) is 11.5 Å². The summed E-state index contributed by atoms with van der Waals surface area (Å²) in [6, 6.07) is 11.0. The third-order valence-electron chi connectivity index (χ3n) is 2.71. The van der Waals surface area contributed by atoms with Gasteiger partial charge in [0.05, 0.1) is 30.6 Å². The predicted molar refractivity (Wildman–Crippen MR) is 89.9 cm³/mol. The molecule has 2 aromatic carbocycles. The van der Waals surface area contributed by atoms with Crippen LogP contribution in [-0.4, -0.2) is 20.4 Å². The van der Waals surface area contributed by atoms with Gasteiger partial charge < -0.3 is 9.47 Å². The Morgan fingerprint density at radius 2 is 1.86 bits per heavy atom. The fraction of sp³-hybridized carbons (Fsp3) is 0.133. The van der Waals surface area contributed by atoms with Gasteiger partial charge in [-0.25, -0.2) is 0 Å². The van der Waals surface area contributed by atoms with Crippen molar-refractivity contribution in [2.24, 2.45) is 5.10 Å². The van der Waals surface area contributed by atoms with E-state index in [0.717, 1.165) is 15.7 Å². The molecular formula is C15H14BrClN2O2. The Morgan fingerprint density at radius 3 is 2.48 bits per heavy atom. The van der Waals surface area contributed by atoms with Crippen molar-refractivity contribution in [1.29, 1.82) is 0 Å². The van der Waals surface area contributed by atoms with Crippen LogP contribution in [0.15, 0.2) is 46.0 Å². The van der Waals surface area contributed by atoms with E-state index in [4.69, 9.17) is 21.1 Å². The van der Waals surface area contributed by atoms with Crippen LogP contribution in [0, 0.1) is 0 Å². The summed E-state index contributed by atoms with van der Waals surface area (Å²) in [4.78, 5) is 0. The van der Waals surface area contributed by atoms with Crippen LogP contribution in [0.2, 0.25) is 5.02 Å². The minimum atomic E-state index is 0.639. The Kier molecular flexibility index (Phi) is 5.47. The molecule has 1 N–H and O–H groups in total. The molecule has 0 heterocycles. The van der Waals surface area contributed by atoms with Crippen LogP contribution in [0.25, 0.3) is 0 Å². The molecule has 0 fully saturated rings. The molecule has 0 aliphatic heterocycles. The molecular weight excluding hydrogens is 356 g/mol. The van der Waals surface area contributed by atoms with Crippen LogP contribution in [0.1, 0.15) is 5.56 Å². The van der Waals surface area contributed by atoms with E-state index >= 15 is 0 Å². The second kappa shape index (κ2) is 7.33. The van der Waals surface area contributed by atoms with Gasteiger partial charge >= 0.3 is 0 Å². The third-order valence-corrected chi connectivity index (χ3v) is 3.55. The lowest BCUT2D eigenvalue weighted by atomic mass is 10.2. The van der Waals surface area contributed by atoms with Crippen molar-refractivity contribution in [1.82, 2.24) is 0 Å². The lowest BCUT2D eigenvalue weighted by Gasteiger charge is -2.10. The number of nitrogens with zero attached hydrogens (tertiary/aromatic N) is 1. The molecule has 0 amide bonds. The SMILES string of the molecule is COc1cc(/C=N/Nc2ccc(Cl)cc2)cc(Br)c1OC. The summed E-state index contributed by atoms with van der Waals surface area (Å²) < 4.78 is 11.3. The number of anilines is 1. The summed E-state index contributed by atoms with van der Waals surface area (Å²) in [5.74, 6) is 1.29. The molecule has 2 rings (SSSR count). The largest absolute Gasteiger partial charge is 0.493 e. The van der Waals surface area contributed by atoms with Crippen molar-refractivity contribution >= 4 is 39.4 Å². The zero-order valence-electron chi connectivity index (χ0n) is 11.6. The Morgan fingerprint density at radius 1 is 1.14 bits per heavy atom. The van der Waals surface area contributed by atoms with Crippen LogP contribution >= 0.6 is 27.5 Å². The van der Waals surface area contributed by atoms with Crippen LogP contribution in [-0.2, 0) is 0 Å². The average molecular weight is 370 g/mol. The van der Waals surface area contributed by atoms with Crippen molar-refractivity contribution in [2.75, 3.05) is 19.6 Å². The van der Waals surface area contributed by atoms with Gasteiger partial charge in [0, 0.05) is 5.02 Å². The van der Waals surface area contributed by atoms with E-state index in [0.29, 0.717) is 16.5 Å². The van der Waals surface area contributed by atoms with Gasteiger partial charge in [0.25, 0.3) is 0 Å². The number of hydrazone groups is 1. The van der Waals surface area contributed by atoms with Gasteiger partial charge in [-0.05, 0) is 57.9 Å². The first-order chi connectivity index (χ1) is 10.1. The normalized spacial score (nSPS) is 10.7. The van der Waals surface area contributed by atoms with Gasteiger partial charge in [0.1, 0.15) is 0 Å². The molecule has 0 radical (unpaired) electrons. The summed E-state index contributed by atoms with van der Waals surface area (Å²) in [5, 5.41) is 4.87. The van der Waals surface area contributed by atoms with Gasteiger partial charge in [-0.1, -0.05) is 11.6 Å². The summed E-state index contributed by atoms with van der Waals surface area (Å²) in [7, 11) is 3.19. The highest BCUT2D eigenvalue weighted by Gasteiger charge is 2.09. The fourth-order valence-corrected chi connectivity index (χ4v) is 2.47. The van der Waals surface area contributed by atoms with Crippen LogP contribution in [0.4, 0.5) is 5.69 Å². The van der Waals surface area contributed by atoms with Crippen molar-refractivity contribution in [3.63, 3.8) is 0 Å². The second-order valence-electron chi connectivity index (χ2n) is 4.12. The number of halogens is 2. The first-order valence-electron chi connectivity index (χ1n) is 6.10. The summed E-state index contributed by atoms with van der Waals surface area (Å²) in [6.07, 6.45) is 1.70. The number of benzene rings is 2. The van der Waals surface area contributed by atoms with E-state index in [9.17, 15) is 0 Å². The molecule has 0 aliphatic rings. The Labute approximate surface area is 136 Å². The zero-order valence-corrected chi connectivity index (χ0v) is 13.9. The molecule has 21 heavy (non-hydrogen) atoms. The number of nitrogens with one attached hydrogen (secondary N) is 1. The Hall–Kier alpha value is -1.72. The Bertz CT molecular complexity index is 645. The number of hydrogen-bond donors (Lipinski definition) is 1. The molecule has 2 aromatic rings. The van der Waals surface area contributed by atoms with Gasteiger partial charge in [0.15, 0.2) is 11.5 Å². The zero-order chi connectivity index (χ0) is 15.2. The highest BCUT2D eigenvalue weighted by Crippen LogP contribution is 2.35. The second-order valence-corrected chi connectivity index (χ2v) is 5.41. The van der Waals surface area contributed by atoms with Crippen LogP contribution < -0.4 is 14.9 Å². The third kappa shape index (κ3) is 4.12. The molecule has 0 aromatic heterocycles. The summed E-state index contributed by atoms with van der Waals surface area (Å²) in [6.45, 7) is 0. The van der Waals surface area contributed by atoms with Crippen molar-refractivity contribution in [3.05, 3.63) is 51.5 Å². The summed E-state index contributed by atoms with van der Waals surface area (Å²) >= 11 is 9.27. The summed E-state index contributed by atoms with van der Waals surface area (Å²) in [5.41, 5.74) is 4.66. The maximum atomic E-state index is 5.82. The fourth-order valence-electron chi connectivity index (χ4n) is 1.72. The van der Waals surface area contributed by atoms with Crippen molar-refractivity contribution in [2.45, 2.75) is 0 Å². The number of hydrogen-bond acceptors (Lipinski definition) is 4. The Balaban J connectivity index is 2.13. The minimum absolute atomic E-state index is 0.639. The topological polar surface area (TPSA) is 42.8 Å². The molecule has 0 saturated heterocycles. The highest BCUT2D eigenvalue weighted by molar-refractivity contribution is 9.10. The first kappa shape index (κ1) is 15.7. The molecule has 0 spiro atoms. The van der Waals surface area contributed by atoms with E-state index in [-0.39, 0.29) is 0 Å². The van der Waals surface area contributed by atoms with Crippen LogP contribution in [0.3, 0.4) is 0 Å². The lowest BCUT2D eigenvalue weighted by Crippen LogP contribution is -1.95. The molecule has 0 saturated carbocycles. The number of rotatable bonds is 5. The molecule has 0 aliphatic carbocycles. The van der Waals surface area contributed by atoms with Gasteiger partial charge in [-0.2, -0.15) is 5.10 Å². The maximum absolute atomic E-state index is 5.82. The van der Waals surface area contributed by atoms with E-state index < -0.39 is 0 Å². The van der Waals surface area contributed by atoms with Crippen molar-refractivity contribution in [3.8, 4) is 11.5 Å². The van der Waals surface area contributed by atoms with E-state index in [1.165, 1.54) is 0 Å². The number of ether oxygens (including phenoxy) is 2. The monoisotopic (exact) mass is 368 g/mol. The molecule has 0 atom stereocenters. The van der Waals surface area contributed by atoms with Gasteiger partial charge in [-0.3, -0.25) is 5.43 Å². The molecule has 4 nitrogen and oxygen atoms in total. The molecule has 0 bridgehead atoms. The molecule has 110 valence electrons. The van der Waals surface area contributed by atoms with E-state index in [1.807, 2.05) is 24.3 Å².